The standard InChI is InChI=1S/C17H17ClN2O3/c18-14-5-2-1-4-13(14)12-16(21)19-7-9-20(10-8-19)17(22)15-6-3-11-23-15/h1-6,11H,7-10,12H2. The molecule has 1 fully saturated rings. The average molecular weight is 333 g/mol. The van der Waals surface area contributed by atoms with E-state index in [1.54, 1.807) is 28.0 Å². The monoisotopic (exact) mass is 332 g/mol. The van der Waals surface area contributed by atoms with Crippen molar-refractivity contribution in [1.82, 2.24) is 9.80 Å². The third-order valence-corrected chi connectivity index (χ3v) is 4.32. The quantitative estimate of drug-likeness (QED) is 0.867. The zero-order valence-corrected chi connectivity index (χ0v) is 13.3. The first-order valence-electron chi connectivity index (χ1n) is 7.49. The highest BCUT2D eigenvalue weighted by Crippen LogP contribution is 2.17. The lowest BCUT2D eigenvalue weighted by molar-refractivity contribution is -0.131. The molecule has 6 heteroatoms. The van der Waals surface area contributed by atoms with Crippen LogP contribution in [0, 0.1) is 0 Å². The number of nitrogens with zero attached hydrogens (tertiary/aromatic N) is 2. The van der Waals surface area contributed by atoms with Gasteiger partial charge in [0.25, 0.3) is 5.91 Å². The molecule has 0 spiro atoms. The van der Waals surface area contributed by atoms with Gasteiger partial charge in [0.1, 0.15) is 0 Å². The van der Waals surface area contributed by atoms with Crippen molar-refractivity contribution in [2.75, 3.05) is 26.2 Å². The Morgan fingerprint density at radius 2 is 1.70 bits per heavy atom. The summed E-state index contributed by atoms with van der Waals surface area (Å²) in [6, 6.07) is 10.7. The number of benzene rings is 1. The Hall–Kier alpha value is -2.27. The zero-order valence-electron chi connectivity index (χ0n) is 12.6. The fourth-order valence-corrected chi connectivity index (χ4v) is 2.83. The minimum Gasteiger partial charge on any atom is -0.459 e. The number of hydrogen-bond donors (Lipinski definition) is 0. The van der Waals surface area contributed by atoms with Gasteiger partial charge in [-0.1, -0.05) is 29.8 Å². The van der Waals surface area contributed by atoms with Crippen LogP contribution in [0.15, 0.2) is 47.1 Å². The van der Waals surface area contributed by atoms with Gasteiger partial charge in [-0.15, -0.1) is 0 Å². The van der Waals surface area contributed by atoms with Crippen LogP contribution in [-0.2, 0) is 11.2 Å². The van der Waals surface area contributed by atoms with Crippen molar-refractivity contribution in [2.24, 2.45) is 0 Å². The molecule has 0 aliphatic carbocycles. The van der Waals surface area contributed by atoms with E-state index >= 15 is 0 Å². The van der Waals surface area contributed by atoms with Gasteiger partial charge in [-0.05, 0) is 23.8 Å². The van der Waals surface area contributed by atoms with Gasteiger partial charge < -0.3 is 14.2 Å². The number of furan rings is 1. The lowest BCUT2D eigenvalue weighted by Gasteiger charge is -2.34. The van der Waals surface area contributed by atoms with Crippen LogP contribution in [0.5, 0.6) is 0 Å². The molecule has 2 amide bonds. The summed E-state index contributed by atoms with van der Waals surface area (Å²) in [4.78, 5) is 28.0. The average Bonchev–Trinajstić information content (AvgIpc) is 3.11. The summed E-state index contributed by atoms with van der Waals surface area (Å²) in [7, 11) is 0. The van der Waals surface area contributed by atoms with Crippen LogP contribution in [-0.4, -0.2) is 47.8 Å². The zero-order chi connectivity index (χ0) is 16.2. The minimum absolute atomic E-state index is 0.0307. The molecule has 2 aromatic rings. The molecular weight excluding hydrogens is 316 g/mol. The highest BCUT2D eigenvalue weighted by atomic mass is 35.5. The van der Waals surface area contributed by atoms with Crippen molar-refractivity contribution in [2.45, 2.75) is 6.42 Å². The Morgan fingerprint density at radius 3 is 2.35 bits per heavy atom. The van der Waals surface area contributed by atoms with Crippen molar-refractivity contribution in [3.05, 3.63) is 59.0 Å². The van der Waals surface area contributed by atoms with Gasteiger partial charge in [-0.3, -0.25) is 9.59 Å². The summed E-state index contributed by atoms with van der Waals surface area (Å²) in [6.45, 7) is 2.06. The maximum Gasteiger partial charge on any atom is 0.289 e. The molecule has 0 atom stereocenters. The predicted octanol–water partition coefficient (Wildman–Crippen LogP) is 2.46. The summed E-state index contributed by atoms with van der Waals surface area (Å²) < 4.78 is 5.13. The van der Waals surface area contributed by atoms with Crippen molar-refractivity contribution >= 4 is 23.4 Å². The van der Waals surface area contributed by atoms with Crippen molar-refractivity contribution in [1.29, 1.82) is 0 Å². The molecule has 2 heterocycles. The van der Waals surface area contributed by atoms with E-state index in [1.807, 2.05) is 18.2 Å². The summed E-state index contributed by atoms with van der Waals surface area (Å²) in [5.74, 6) is 0.234. The number of hydrogen-bond acceptors (Lipinski definition) is 3. The lowest BCUT2D eigenvalue weighted by Crippen LogP contribution is -2.50. The largest absolute Gasteiger partial charge is 0.459 e. The second-order valence-corrected chi connectivity index (χ2v) is 5.83. The number of carbonyl (C=O) groups is 2. The van der Waals surface area contributed by atoms with Crippen LogP contribution in [0.1, 0.15) is 16.1 Å². The summed E-state index contributed by atoms with van der Waals surface area (Å²) >= 11 is 6.09. The summed E-state index contributed by atoms with van der Waals surface area (Å²) in [6.07, 6.45) is 1.77. The van der Waals surface area contributed by atoms with Crippen molar-refractivity contribution in [3.8, 4) is 0 Å². The van der Waals surface area contributed by atoms with E-state index in [0.29, 0.717) is 37.0 Å². The Balaban J connectivity index is 1.55. The molecule has 1 aliphatic heterocycles. The molecule has 120 valence electrons. The van der Waals surface area contributed by atoms with Gasteiger partial charge in [-0.25, -0.2) is 0 Å². The highest BCUT2D eigenvalue weighted by molar-refractivity contribution is 6.31. The Morgan fingerprint density at radius 1 is 1.00 bits per heavy atom. The molecule has 23 heavy (non-hydrogen) atoms. The summed E-state index contributed by atoms with van der Waals surface area (Å²) in [5, 5.41) is 0.604. The summed E-state index contributed by atoms with van der Waals surface area (Å²) in [5.41, 5.74) is 0.827. The molecular formula is C17H17ClN2O3. The number of carbonyl (C=O) groups excluding carboxylic acids is 2. The van der Waals surface area contributed by atoms with E-state index in [2.05, 4.69) is 0 Å². The second kappa shape index (κ2) is 6.87. The van der Waals surface area contributed by atoms with E-state index in [1.165, 1.54) is 6.26 Å². The molecule has 1 aromatic heterocycles. The van der Waals surface area contributed by atoms with Gasteiger partial charge in [0.15, 0.2) is 5.76 Å². The van der Waals surface area contributed by atoms with Gasteiger partial charge >= 0.3 is 0 Å². The lowest BCUT2D eigenvalue weighted by atomic mass is 10.1. The van der Waals surface area contributed by atoms with Crippen LogP contribution in [0.3, 0.4) is 0 Å². The van der Waals surface area contributed by atoms with E-state index in [4.69, 9.17) is 16.0 Å². The third-order valence-electron chi connectivity index (χ3n) is 3.95. The maximum absolute atomic E-state index is 12.4. The van der Waals surface area contributed by atoms with E-state index in [9.17, 15) is 9.59 Å². The number of amides is 2. The topological polar surface area (TPSA) is 53.8 Å². The highest BCUT2D eigenvalue weighted by Gasteiger charge is 2.26. The van der Waals surface area contributed by atoms with Crippen LogP contribution in [0.25, 0.3) is 0 Å². The number of rotatable bonds is 3. The van der Waals surface area contributed by atoms with Crippen LogP contribution < -0.4 is 0 Å². The van der Waals surface area contributed by atoms with Gasteiger partial charge in [0.2, 0.25) is 5.91 Å². The first-order chi connectivity index (χ1) is 11.1. The molecule has 5 nitrogen and oxygen atoms in total. The molecule has 0 radical (unpaired) electrons. The molecule has 0 saturated carbocycles. The van der Waals surface area contributed by atoms with Crippen LogP contribution in [0.2, 0.25) is 5.02 Å². The first kappa shape index (κ1) is 15.6. The molecule has 0 unspecified atom stereocenters. The fourth-order valence-electron chi connectivity index (χ4n) is 2.63. The van der Waals surface area contributed by atoms with Crippen LogP contribution in [0.4, 0.5) is 0 Å². The number of halogens is 1. The second-order valence-electron chi connectivity index (χ2n) is 5.42. The Kier molecular flexibility index (Phi) is 4.67. The van der Waals surface area contributed by atoms with Gasteiger partial charge in [0.05, 0.1) is 12.7 Å². The Labute approximate surface area is 139 Å². The van der Waals surface area contributed by atoms with E-state index in [-0.39, 0.29) is 18.2 Å². The minimum atomic E-state index is -0.131. The maximum atomic E-state index is 12.4. The molecule has 1 aromatic carbocycles. The molecule has 3 rings (SSSR count). The van der Waals surface area contributed by atoms with Gasteiger partial charge in [-0.2, -0.15) is 0 Å². The molecule has 0 N–H and O–H groups in total. The first-order valence-corrected chi connectivity index (χ1v) is 7.87. The SMILES string of the molecule is O=C(Cc1ccccc1Cl)N1CCN(C(=O)c2ccco2)CC1. The van der Waals surface area contributed by atoms with Crippen LogP contribution >= 0.6 is 11.6 Å². The molecule has 0 bridgehead atoms. The van der Waals surface area contributed by atoms with Crippen molar-refractivity contribution in [3.63, 3.8) is 0 Å². The Bertz CT molecular complexity index is 692. The van der Waals surface area contributed by atoms with E-state index in [0.717, 1.165) is 5.56 Å². The van der Waals surface area contributed by atoms with Crippen molar-refractivity contribution < 1.29 is 14.0 Å². The normalized spacial score (nSPS) is 14.8. The predicted molar refractivity (Wildman–Crippen MR) is 86.3 cm³/mol. The van der Waals surface area contributed by atoms with E-state index < -0.39 is 0 Å². The smallest absolute Gasteiger partial charge is 0.289 e. The van der Waals surface area contributed by atoms with Gasteiger partial charge in [0, 0.05) is 31.2 Å². The molecule has 1 saturated heterocycles. The molecule has 1 aliphatic rings. The number of piperazine rings is 1. The fraction of sp³-hybridized carbons (Fsp3) is 0.294. The third kappa shape index (κ3) is 3.56.